The van der Waals surface area contributed by atoms with Crippen molar-refractivity contribution in [3.8, 4) is 5.75 Å². The normalized spacial score (nSPS) is 18.0. The van der Waals surface area contributed by atoms with E-state index in [1.807, 2.05) is 12.1 Å². The molecule has 0 bridgehead atoms. The monoisotopic (exact) mass is 320 g/mol. The van der Waals surface area contributed by atoms with Gasteiger partial charge in [-0.1, -0.05) is 12.1 Å². The second-order valence-corrected chi connectivity index (χ2v) is 5.30. The molecule has 1 aliphatic heterocycles. The highest BCUT2D eigenvalue weighted by Gasteiger charge is 2.30. The molecule has 1 heterocycles. The molecule has 2 rings (SSSR count). The first-order valence-electron chi connectivity index (χ1n) is 7.34. The van der Waals surface area contributed by atoms with E-state index in [-0.39, 0.29) is 18.2 Å². The molecule has 1 fully saturated rings. The van der Waals surface area contributed by atoms with Gasteiger partial charge in [0.05, 0.1) is 14.2 Å². The molecule has 2 atom stereocenters. The van der Waals surface area contributed by atoms with Crippen LogP contribution in [0.5, 0.6) is 5.75 Å². The fourth-order valence-corrected chi connectivity index (χ4v) is 2.45. The molecule has 2 N–H and O–H groups in total. The molecule has 0 spiro atoms. The lowest BCUT2D eigenvalue weighted by molar-refractivity contribution is -0.145. The summed E-state index contributed by atoms with van der Waals surface area (Å²) in [5.74, 6) is -0.410. The van der Waals surface area contributed by atoms with Crippen LogP contribution in [0.3, 0.4) is 0 Å². The maximum absolute atomic E-state index is 12.2. The molecule has 0 saturated carbocycles. The summed E-state index contributed by atoms with van der Waals surface area (Å²) in [6.07, 6.45) is 1.02. The standard InChI is InChI=1S/C16H20N2O5/c1-22-11-5-3-4-10(8-11)9-13(16(21)23-2)18-15(20)12-6-7-14(19)17-12/h3-5,8,12-13H,6-7,9H2,1-2H3,(H,17,19)(H,18,20)/t12-,13+/m0/s1. The van der Waals surface area contributed by atoms with Gasteiger partial charge in [0.25, 0.3) is 0 Å². The molecule has 0 unspecified atom stereocenters. The van der Waals surface area contributed by atoms with Crippen LogP contribution in [0, 0.1) is 0 Å². The SMILES string of the molecule is COC(=O)[C@@H](Cc1cccc(OC)c1)NC(=O)[C@@H]1CCC(=O)N1. The van der Waals surface area contributed by atoms with Crippen LogP contribution >= 0.6 is 0 Å². The van der Waals surface area contributed by atoms with Crippen molar-refractivity contribution >= 4 is 17.8 Å². The number of hydrogen-bond acceptors (Lipinski definition) is 5. The van der Waals surface area contributed by atoms with Crippen LogP contribution in [-0.2, 0) is 25.5 Å². The van der Waals surface area contributed by atoms with Gasteiger partial charge in [-0.25, -0.2) is 4.79 Å². The van der Waals surface area contributed by atoms with Crippen molar-refractivity contribution in [3.05, 3.63) is 29.8 Å². The van der Waals surface area contributed by atoms with Gasteiger partial charge >= 0.3 is 5.97 Å². The van der Waals surface area contributed by atoms with Gasteiger partial charge in [0, 0.05) is 12.8 Å². The van der Waals surface area contributed by atoms with Crippen LogP contribution in [0.15, 0.2) is 24.3 Å². The average molecular weight is 320 g/mol. The van der Waals surface area contributed by atoms with Gasteiger partial charge < -0.3 is 20.1 Å². The third-order valence-electron chi connectivity index (χ3n) is 3.69. The summed E-state index contributed by atoms with van der Waals surface area (Å²) in [7, 11) is 2.83. The minimum Gasteiger partial charge on any atom is -0.497 e. The molecule has 23 heavy (non-hydrogen) atoms. The first kappa shape index (κ1) is 16.8. The van der Waals surface area contributed by atoms with E-state index in [4.69, 9.17) is 9.47 Å². The van der Waals surface area contributed by atoms with Gasteiger partial charge in [-0.2, -0.15) is 0 Å². The molecule has 7 heteroatoms. The summed E-state index contributed by atoms with van der Waals surface area (Å²) in [5, 5.41) is 5.22. The minimum absolute atomic E-state index is 0.160. The highest BCUT2D eigenvalue weighted by atomic mass is 16.5. The lowest BCUT2D eigenvalue weighted by Crippen LogP contribution is -2.49. The fourth-order valence-electron chi connectivity index (χ4n) is 2.45. The lowest BCUT2D eigenvalue weighted by Gasteiger charge is -2.19. The van der Waals surface area contributed by atoms with E-state index in [1.54, 1.807) is 19.2 Å². The number of nitrogens with one attached hydrogen (secondary N) is 2. The Labute approximate surface area is 134 Å². The Balaban J connectivity index is 2.06. The summed E-state index contributed by atoms with van der Waals surface area (Å²) < 4.78 is 9.90. The Bertz CT molecular complexity index is 602. The molecular weight excluding hydrogens is 300 g/mol. The van der Waals surface area contributed by atoms with Crippen molar-refractivity contribution in [1.29, 1.82) is 0 Å². The average Bonchev–Trinajstić information content (AvgIpc) is 3.00. The van der Waals surface area contributed by atoms with Crippen molar-refractivity contribution in [2.75, 3.05) is 14.2 Å². The molecule has 0 aliphatic carbocycles. The molecule has 7 nitrogen and oxygen atoms in total. The van der Waals surface area contributed by atoms with Crippen molar-refractivity contribution in [1.82, 2.24) is 10.6 Å². The van der Waals surface area contributed by atoms with Gasteiger partial charge in [0.15, 0.2) is 0 Å². The zero-order valence-corrected chi connectivity index (χ0v) is 13.1. The van der Waals surface area contributed by atoms with Crippen LogP contribution in [0.4, 0.5) is 0 Å². The molecule has 0 aromatic heterocycles. The van der Waals surface area contributed by atoms with Crippen LogP contribution in [-0.4, -0.2) is 44.1 Å². The number of carbonyl (C=O) groups excluding carboxylic acids is 3. The summed E-state index contributed by atoms with van der Waals surface area (Å²) in [6, 6.07) is 5.81. The van der Waals surface area contributed by atoms with Gasteiger partial charge in [-0.3, -0.25) is 9.59 Å². The number of amides is 2. The van der Waals surface area contributed by atoms with Crippen LogP contribution in [0.2, 0.25) is 0 Å². The second-order valence-electron chi connectivity index (χ2n) is 5.30. The predicted molar refractivity (Wildman–Crippen MR) is 81.8 cm³/mol. The number of rotatable bonds is 6. The number of hydrogen-bond donors (Lipinski definition) is 2. The van der Waals surface area contributed by atoms with Gasteiger partial charge in [0.1, 0.15) is 17.8 Å². The molecule has 124 valence electrons. The van der Waals surface area contributed by atoms with Gasteiger partial charge in [-0.15, -0.1) is 0 Å². The maximum atomic E-state index is 12.2. The highest BCUT2D eigenvalue weighted by molar-refractivity contribution is 5.93. The topological polar surface area (TPSA) is 93.7 Å². The highest BCUT2D eigenvalue weighted by Crippen LogP contribution is 2.15. The molecule has 0 radical (unpaired) electrons. The summed E-state index contributed by atoms with van der Waals surface area (Å²) in [6.45, 7) is 0. The van der Waals surface area contributed by atoms with Crippen LogP contribution < -0.4 is 15.4 Å². The largest absolute Gasteiger partial charge is 0.497 e. The van der Waals surface area contributed by atoms with E-state index in [1.165, 1.54) is 7.11 Å². The van der Waals surface area contributed by atoms with E-state index >= 15 is 0 Å². The van der Waals surface area contributed by atoms with Crippen molar-refractivity contribution < 1.29 is 23.9 Å². The van der Waals surface area contributed by atoms with E-state index in [2.05, 4.69) is 10.6 Å². The molecular formula is C16H20N2O5. The first-order valence-corrected chi connectivity index (χ1v) is 7.34. The quantitative estimate of drug-likeness (QED) is 0.729. The van der Waals surface area contributed by atoms with E-state index in [0.717, 1.165) is 5.56 Å². The smallest absolute Gasteiger partial charge is 0.328 e. The number of benzene rings is 1. The second kappa shape index (κ2) is 7.62. The van der Waals surface area contributed by atoms with Crippen molar-refractivity contribution in [2.24, 2.45) is 0 Å². The Morgan fingerprint density at radius 3 is 2.78 bits per heavy atom. The summed E-state index contributed by atoms with van der Waals surface area (Å²) >= 11 is 0. The lowest BCUT2D eigenvalue weighted by atomic mass is 10.0. The third-order valence-corrected chi connectivity index (χ3v) is 3.69. The van der Waals surface area contributed by atoms with Gasteiger partial charge in [0.2, 0.25) is 11.8 Å². The first-order chi connectivity index (χ1) is 11.0. The number of ether oxygens (including phenoxy) is 2. The zero-order chi connectivity index (χ0) is 16.8. The van der Waals surface area contributed by atoms with E-state index in [0.29, 0.717) is 18.6 Å². The molecule has 1 aliphatic rings. The van der Waals surface area contributed by atoms with Crippen LogP contribution in [0.25, 0.3) is 0 Å². The Hall–Kier alpha value is -2.57. The number of methoxy groups -OCH3 is 2. The predicted octanol–water partition coefficient (Wildman–Crippen LogP) is 0.174. The van der Waals surface area contributed by atoms with E-state index < -0.39 is 18.1 Å². The Morgan fingerprint density at radius 2 is 2.17 bits per heavy atom. The minimum atomic E-state index is -0.822. The van der Waals surface area contributed by atoms with E-state index in [9.17, 15) is 14.4 Å². The zero-order valence-electron chi connectivity index (χ0n) is 13.1. The van der Waals surface area contributed by atoms with Crippen molar-refractivity contribution in [2.45, 2.75) is 31.3 Å². The molecule has 1 aromatic rings. The van der Waals surface area contributed by atoms with Crippen LogP contribution in [0.1, 0.15) is 18.4 Å². The summed E-state index contributed by atoms with van der Waals surface area (Å²) in [4.78, 5) is 35.3. The molecule has 1 saturated heterocycles. The third kappa shape index (κ3) is 4.45. The maximum Gasteiger partial charge on any atom is 0.328 e. The Morgan fingerprint density at radius 1 is 1.39 bits per heavy atom. The van der Waals surface area contributed by atoms with Gasteiger partial charge in [-0.05, 0) is 24.1 Å². The molecule has 1 aromatic carbocycles. The van der Waals surface area contributed by atoms with Crippen molar-refractivity contribution in [3.63, 3.8) is 0 Å². The number of esters is 1. The fraction of sp³-hybridized carbons (Fsp3) is 0.438. The number of carbonyl (C=O) groups is 3. The Kier molecular flexibility index (Phi) is 5.56. The summed E-state index contributed by atoms with van der Waals surface area (Å²) in [5.41, 5.74) is 0.829. The molecule has 2 amide bonds.